The first-order valence-corrected chi connectivity index (χ1v) is 23.4. The van der Waals surface area contributed by atoms with Crippen LogP contribution in [0.1, 0.15) is 240 Å². The summed E-state index contributed by atoms with van der Waals surface area (Å²) in [7, 11) is 0. The SMILES string of the molecule is CCCCCCCCCCCCN(CCCCCCCCCCCC)CCN(CCCCCCCCCCCC)CCN(CCC)CCC. The van der Waals surface area contributed by atoms with Crippen LogP contribution in [0, 0.1) is 0 Å². The third-order valence-electron chi connectivity index (χ3n) is 11.0. The highest BCUT2D eigenvalue weighted by atomic mass is 15.2. The molecular formula is C46H97N3. The van der Waals surface area contributed by atoms with Crippen LogP contribution in [0.2, 0.25) is 0 Å². The molecule has 0 aliphatic heterocycles. The molecule has 0 rings (SSSR count). The van der Waals surface area contributed by atoms with Gasteiger partial charge in [0.25, 0.3) is 0 Å². The topological polar surface area (TPSA) is 9.72 Å². The summed E-state index contributed by atoms with van der Waals surface area (Å²) in [5.41, 5.74) is 0. The molecule has 0 aromatic carbocycles. The van der Waals surface area contributed by atoms with Gasteiger partial charge in [-0.1, -0.05) is 208 Å². The molecule has 0 unspecified atom stereocenters. The van der Waals surface area contributed by atoms with E-state index in [1.165, 1.54) is 264 Å². The lowest BCUT2D eigenvalue weighted by atomic mass is 10.1. The van der Waals surface area contributed by atoms with E-state index in [0.29, 0.717) is 0 Å². The maximum atomic E-state index is 2.89. The van der Waals surface area contributed by atoms with Crippen molar-refractivity contribution >= 4 is 0 Å². The van der Waals surface area contributed by atoms with E-state index in [4.69, 9.17) is 0 Å². The van der Waals surface area contributed by atoms with Gasteiger partial charge < -0.3 is 14.7 Å². The summed E-state index contributed by atoms with van der Waals surface area (Å²) in [4.78, 5) is 8.49. The van der Waals surface area contributed by atoms with Crippen LogP contribution in [0.3, 0.4) is 0 Å². The van der Waals surface area contributed by atoms with Crippen molar-refractivity contribution in [1.82, 2.24) is 14.7 Å². The van der Waals surface area contributed by atoms with E-state index in [1.807, 2.05) is 0 Å². The Bertz CT molecular complexity index is 551. The standard InChI is InChI=1S/C46H97N3/c1-6-11-14-17-20-23-26-29-32-35-40-48(41-36-33-30-27-24-21-18-15-12-7-2)44-46-49(45-43-47(38-9-4)39-10-5)42-37-34-31-28-25-22-19-16-13-8-3/h6-46H2,1-5H3. The zero-order valence-electron chi connectivity index (χ0n) is 35.3. The van der Waals surface area contributed by atoms with Gasteiger partial charge in [-0.05, 0) is 64.8 Å². The lowest BCUT2D eigenvalue weighted by Crippen LogP contribution is -2.41. The molecule has 3 nitrogen and oxygen atoms in total. The molecule has 0 N–H and O–H groups in total. The Morgan fingerprint density at radius 2 is 0.347 bits per heavy atom. The summed E-state index contributed by atoms with van der Waals surface area (Å²) in [6.07, 6.45) is 45.7. The molecule has 0 spiro atoms. The van der Waals surface area contributed by atoms with E-state index >= 15 is 0 Å². The molecule has 0 bridgehead atoms. The second kappa shape index (κ2) is 42.3. The lowest BCUT2D eigenvalue weighted by Gasteiger charge is -2.30. The predicted molar refractivity (Wildman–Crippen MR) is 225 cm³/mol. The van der Waals surface area contributed by atoms with Crippen molar-refractivity contribution in [2.45, 2.75) is 240 Å². The molecule has 0 heterocycles. The Morgan fingerprint density at radius 1 is 0.163 bits per heavy atom. The average Bonchev–Trinajstić information content (AvgIpc) is 3.11. The number of unbranched alkanes of at least 4 members (excludes halogenated alkanes) is 27. The quantitative estimate of drug-likeness (QED) is 0.0589. The van der Waals surface area contributed by atoms with Crippen molar-refractivity contribution in [3.8, 4) is 0 Å². The van der Waals surface area contributed by atoms with Crippen LogP contribution >= 0.6 is 0 Å². The minimum atomic E-state index is 1.26. The van der Waals surface area contributed by atoms with E-state index in [2.05, 4.69) is 49.3 Å². The van der Waals surface area contributed by atoms with Gasteiger partial charge in [-0.15, -0.1) is 0 Å². The van der Waals surface area contributed by atoms with Crippen molar-refractivity contribution in [3.63, 3.8) is 0 Å². The van der Waals surface area contributed by atoms with Crippen LogP contribution < -0.4 is 0 Å². The molecule has 296 valence electrons. The first-order valence-electron chi connectivity index (χ1n) is 23.4. The van der Waals surface area contributed by atoms with Crippen LogP contribution in [0.5, 0.6) is 0 Å². The van der Waals surface area contributed by atoms with Crippen molar-refractivity contribution in [2.24, 2.45) is 0 Å². The maximum Gasteiger partial charge on any atom is 0.0110 e. The van der Waals surface area contributed by atoms with Crippen LogP contribution in [0.25, 0.3) is 0 Å². The highest BCUT2D eigenvalue weighted by Gasteiger charge is 2.12. The molecule has 0 amide bonds. The number of hydrogen-bond acceptors (Lipinski definition) is 3. The van der Waals surface area contributed by atoms with Gasteiger partial charge in [0.1, 0.15) is 0 Å². The highest BCUT2D eigenvalue weighted by Crippen LogP contribution is 2.14. The molecule has 49 heavy (non-hydrogen) atoms. The summed E-state index contributed by atoms with van der Waals surface area (Å²) in [5.74, 6) is 0. The van der Waals surface area contributed by atoms with E-state index in [-0.39, 0.29) is 0 Å². The second-order valence-corrected chi connectivity index (χ2v) is 16.1. The monoisotopic (exact) mass is 692 g/mol. The molecular weight excluding hydrogens is 595 g/mol. The Hall–Kier alpha value is -0.120. The van der Waals surface area contributed by atoms with Crippen molar-refractivity contribution in [2.75, 3.05) is 58.9 Å². The van der Waals surface area contributed by atoms with Crippen LogP contribution in [-0.4, -0.2) is 73.6 Å². The minimum Gasteiger partial charge on any atom is -0.302 e. The lowest BCUT2D eigenvalue weighted by molar-refractivity contribution is 0.170. The number of hydrogen-bond donors (Lipinski definition) is 0. The fourth-order valence-corrected chi connectivity index (χ4v) is 7.67. The second-order valence-electron chi connectivity index (χ2n) is 16.1. The summed E-state index contributed by atoms with van der Waals surface area (Å²) >= 11 is 0. The minimum absolute atomic E-state index is 1.26. The normalized spacial score (nSPS) is 12.0. The van der Waals surface area contributed by atoms with Crippen molar-refractivity contribution in [1.29, 1.82) is 0 Å². The maximum absolute atomic E-state index is 2.89. The Kier molecular flexibility index (Phi) is 42.2. The van der Waals surface area contributed by atoms with E-state index in [0.717, 1.165) is 0 Å². The molecule has 0 aliphatic rings. The zero-order valence-corrected chi connectivity index (χ0v) is 35.3. The van der Waals surface area contributed by atoms with Crippen molar-refractivity contribution < 1.29 is 0 Å². The van der Waals surface area contributed by atoms with Gasteiger partial charge in [0.05, 0.1) is 0 Å². The third kappa shape index (κ3) is 37.4. The predicted octanol–water partition coefficient (Wildman–Crippen LogP) is 14.5. The van der Waals surface area contributed by atoms with Crippen LogP contribution in [0.4, 0.5) is 0 Å². The van der Waals surface area contributed by atoms with Crippen molar-refractivity contribution in [3.05, 3.63) is 0 Å². The van der Waals surface area contributed by atoms with E-state index in [1.54, 1.807) is 0 Å². The molecule has 0 fully saturated rings. The molecule has 0 atom stereocenters. The molecule has 0 aromatic rings. The van der Waals surface area contributed by atoms with Gasteiger partial charge in [0, 0.05) is 26.2 Å². The molecule has 0 aromatic heterocycles. The zero-order chi connectivity index (χ0) is 35.7. The van der Waals surface area contributed by atoms with Gasteiger partial charge in [-0.2, -0.15) is 0 Å². The first-order chi connectivity index (χ1) is 24.2. The number of rotatable bonds is 43. The summed E-state index contributed by atoms with van der Waals surface area (Å²) in [5, 5.41) is 0. The van der Waals surface area contributed by atoms with Gasteiger partial charge >= 0.3 is 0 Å². The fourth-order valence-electron chi connectivity index (χ4n) is 7.67. The fraction of sp³-hybridized carbons (Fsp3) is 1.00. The largest absolute Gasteiger partial charge is 0.302 e. The smallest absolute Gasteiger partial charge is 0.0110 e. The molecule has 0 saturated carbocycles. The summed E-state index contributed by atoms with van der Waals surface area (Å²) in [6.45, 7) is 23.3. The Balaban J connectivity index is 4.77. The summed E-state index contributed by atoms with van der Waals surface area (Å²) < 4.78 is 0. The van der Waals surface area contributed by atoms with Gasteiger partial charge in [-0.25, -0.2) is 0 Å². The van der Waals surface area contributed by atoms with Gasteiger partial charge in [0.2, 0.25) is 0 Å². The third-order valence-corrected chi connectivity index (χ3v) is 11.0. The summed E-state index contributed by atoms with van der Waals surface area (Å²) in [6, 6.07) is 0. The van der Waals surface area contributed by atoms with Gasteiger partial charge in [0.15, 0.2) is 0 Å². The average molecular weight is 692 g/mol. The Morgan fingerprint density at radius 3 is 0.571 bits per heavy atom. The molecule has 0 saturated heterocycles. The Labute approximate surface area is 312 Å². The molecule has 0 radical (unpaired) electrons. The molecule has 3 heteroatoms. The van der Waals surface area contributed by atoms with E-state index < -0.39 is 0 Å². The first kappa shape index (κ1) is 48.9. The van der Waals surface area contributed by atoms with Crippen LogP contribution in [-0.2, 0) is 0 Å². The van der Waals surface area contributed by atoms with Crippen LogP contribution in [0.15, 0.2) is 0 Å². The highest BCUT2D eigenvalue weighted by molar-refractivity contribution is 4.68. The molecule has 0 aliphatic carbocycles. The van der Waals surface area contributed by atoms with E-state index in [9.17, 15) is 0 Å². The van der Waals surface area contributed by atoms with Gasteiger partial charge in [-0.3, -0.25) is 0 Å². The number of nitrogens with zero attached hydrogens (tertiary/aromatic N) is 3.